The topological polar surface area (TPSA) is 65.1 Å². The fourth-order valence-corrected chi connectivity index (χ4v) is 6.85. The molecule has 6 nitrogen and oxygen atoms in total. The number of piperidine rings is 1. The van der Waals surface area contributed by atoms with Crippen molar-refractivity contribution in [2.45, 2.75) is 63.7 Å². The average Bonchev–Trinajstić information content (AvgIpc) is 3.56. The molecule has 34 heavy (non-hydrogen) atoms. The number of fused-ring (bicyclic) bond motifs is 3. The number of nitrogens with one attached hydrogen (secondary N) is 1. The number of likely N-dealkylation sites (tertiary alicyclic amines) is 2. The maximum Gasteiger partial charge on any atom is 0.222 e. The van der Waals surface area contributed by atoms with Crippen LogP contribution < -0.4 is 0 Å². The molecule has 3 fully saturated rings. The first-order valence-corrected chi connectivity index (χ1v) is 13.5. The highest BCUT2D eigenvalue weighted by molar-refractivity contribution is 6.05. The minimum Gasteiger partial charge on any atom is -0.360 e. The van der Waals surface area contributed by atoms with Crippen LogP contribution in [-0.2, 0) is 4.79 Å². The molecule has 3 aliphatic rings. The van der Waals surface area contributed by atoms with E-state index in [1.54, 1.807) is 0 Å². The van der Waals surface area contributed by atoms with Crippen LogP contribution in [0.1, 0.15) is 69.3 Å². The van der Waals surface area contributed by atoms with E-state index in [9.17, 15) is 4.79 Å². The molecule has 2 saturated heterocycles. The van der Waals surface area contributed by atoms with Gasteiger partial charge in [-0.3, -0.25) is 4.79 Å². The highest BCUT2D eigenvalue weighted by atomic mass is 16.2. The van der Waals surface area contributed by atoms with Crippen LogP contribution in [0.15, 0.2) is 30.7 Å². The van der Waals surface area contributed by atoms with E-state index >= 15 is 0 Å². The van der Waals surface area contributed by atoms with Gasteiger partial charge in [0.2, 0.25) is 5.91 Å². The normalized spacial score (nSPS) is 26.5. The second-order valence-corrected chi connectivity index (χ2v) is 10.9. The van der Waals surface area contributed by atoms with E-state index in [1.807, 2.05) is 18.6 Å². The molecule has 3 aromatic rings. The Kier molecular flexibility index (Phi) is 6.25. The number of H-pyrrole nitrogens is 1. The van der Waals surface area contributed by atoms with Crippen molar-refractivity contribution in [3.63, 3.8) is 0 Å². The summed E-state index contributed by atoms with van der Waals surface area (Å²) < 4.78 is 0. The van der Waals surface area contributed by atoms with Crippen LogP contribution in [0, 0.1) is 11.8 Å². The SMILES string of the molecule is O=C(CC1CCC(c2cc[nH]c3cnc4nccc4c23)CC1)N1CCCC(CN2CCCC2)C1. The van der Waals surface area contributed by atoms with Crippen LogP contribution in [0.5, 0.6) is 0 Å². The van der Waals surface area contributed by atoms with Crippen LogP contribution in [-0.4, -0.2) is 63.4 Å². The summed E-state index contributed by atoms with van der Waals surface area (Å²) in [5, 5.41) is 2.43. The third-order valence-corrected chi connectivity index (χ3v) is 8.66. The van der Waals surface area contributed by atoms with Gasteiger partial charge in [0.05, 0.1) is 11.7 Å². The first-order valence-electron chi connectivity index (χ1n) is 13.5. The lowest BCUT2D eigenvalue weighted by Crippen LogP contribution is -2.44. The molecule has 3 aromatic heterocycles. The summed E-state index contributed by atoms with van der Waals surface area (Å²) in [7, 11) is 0. The number of carbonyl (C=O) groups excluding carboxylic acids is 1. The number of aromatic amines is 1. The van der Waals surface area contributed by atoms with Gasteiger partial charge in [-0.05, 0) is 99.9 Å². The minimum absolute atomic E-state index is 0.407. The Hall–Kier alpha value is -2.47. The summed E-state index contributed by atoms with van der Waals surface area (Å²) >= 11 is 0. The van der Waals surface area contributed by atoms with E-state index in [4.69, 9.17) is 0 Å². The summed E-state index contributed by atoms with van der Waals surface area (Å²) in [6, 6.07) is 4.33. The zero-order chi connectivity index (χ0) is 22.9. The van der Waals surface area contributed by atoms with Gasteiger partial charge in [0.25, 0.3) is 0 Å². The van der Waals surface area contributed by atoms with Crippen molar-refractivity contribution >= 4 is 27.8 Å². The molecule has 0 radical (unpaired) electrons. The second-order valence-electron chi connectivity index (χ2n) is 10.9. The molecule has 6 rings (SSSR count). The molecule has 1 amide bonds. The van der Waals surface area contributed by atoms with Gasteiger partial charge in [-0.15, -0.1) is 0 Å². The summed E-state index contributed by atoms with van der Waals surface area (Å²) in [4.78, 5) is 30.3. The molecule has 1 aliphatic carbocycles. The largest absolute Gasteiger partial charge is 0.360 e. The Bertz CT molecular complexity index is 1140. The Morgan fingerprint density at radius 1 is 0.971 bits per heavy atom. The van der Waals surface area contributed by atoms with Crippen molar-refractivity contribution < 1.29 is 4.79 Å². The lowest BCUT2D eigenvalue weighted by molar-refractivity contribution is -0.134. The number of pyridine rings is 2. The van der Waals surface area contributed by atoms with E-state index in [2.05, 4.69) is 36.9 Å². The zero-order valence-electron chi connectivity index (χ0n) is 20.2. The predicted octanol–water partition coefficient (Wildman–Crippen LogP) is 5.11. The van der Waals surface area contributed by atoms with Crippen molar-refractivity contribution in [3.8, 4) is 0 Å². The Morgan fingerprint density at radius 3 is 2.68 bits per heavy atom. The monoisotopic (exact) mass is 459 g/mol. The molecule has 1 N–H and O–H groups in total. The number of hydrogen-bond acceptors (Lipinski definition) is 4. The predicted molar refractivity (Wildman–Crippen MR) is 136 cm³/mol. The van der Waals surface area contributed by atoms with Crippen LogP contribution >= 0.6 is 0 Å². The zero-order valence-corrected chi connectivity index (χ0v) is 20.2. The first kappa shape index (κ1) is 22.0. The standard InChI is InChI=1S/C28H37N5O/c34-26(33-15-3-4-21(19-33)18-32-13-1-2-14-32)16-20-5-7-22(8-6-20)23-9-11-29-25-17-31-28-24(27(23)25)10-12-30-28/h9-12,17,20-22,29H,1-8,13-16,18-19H2. The van der Waals surface area contributed by atoms with Crippen molar-refractivity contribution in [2.24, 2.45) is 11.8 Å². The quantitative estimate of drug-likeness (QED) is 0.576. The maximum absolute atomic E-state index is 13.2. The number of aromatic nitrogens is 3. The van der Waals surface area contributed by atoms with Crippen LogP contribution in [0.4, 0.5) is 0 Å². The molecular formula is C28H37N5O. The summed E-state index contributed by atoms with van der Waals surface area (Å²) in [5.41, 5.74) is 3.33. The Morgan fingerprint density at radius 2 is 1.82 bits per heavy atom. The van der Waals surface area contributed by atoms with E-state index in [0.717, 1.165) is 61.7 Å². The van der Waals surface area contributed by atoms with Crippen molar-refractivity contribution in [1.82, 2.24) is 24.8 Å². The third kappa shape index (κ3) is 4.45. The molecule has 1 saturated carbocycles. The van der Waals surface area contributed by atoms with Gasteiger partial charge in [-0.2, -0.15) is 0 Å². The van der Waals surface area contributed by atoms with Crippen molar-refractivity contribution in [1.29, 1.82) is 0 Å². The van der Waals surface area contributed by atoms with Gasteiger partial charge >= 0.3 is 0 Å². The lowest BCUT2D eigenvalue weighted by Gasteiger charge is -2.36. The molecule has 5 heterocycles. The number of hydrogen-bond donors (Lipinski definition) is 1. The molecule has 6 heteroatoms. The second kappa shape index (κ2) is 9.65. The van der Waals surface area contributed by atoms with Crippen LogP contribution in [0.2, 0.25) is 0 Å². The van der Waals surface area contributed by atoms with Crippen molar-refractivity contribution in [3.05, 3.63) is 36.3 Å². The van der Waals surface area contributed by atoms with E-state index in [0.29, 0.717) is 23.7 Å². The lowest BCUT2D eigenvalue weighted by atomic mass is 9.76. The third-order valence-electron chi connectivity index (χ3n) is 8.66. The number of rotatable bonds is 5. The number of nitrogens with zero attached hydrogens (tertiary/aromatic N) is 4. The van der Waals surface area contributed by atoms with Crippen LogP contribution in [0.3, 0.4) is 0 Å². The Labute approximate surface area is 202 Å². The van der Waals surface area contributed by atoms with Gasteiger partial charge in [0.15, 0.2) is 5.65 Å². The summed E-state index contributed by atoms with van der Waals surface area (Å²) in [6.45, 7) is 5.66. The molecule has 0 bridgehead atoms. The highest BCUT2D eigenvalue weighted by Crippen LogP contribution is 2.41. The fraction of sp³-hybridized carbons (Fsp3) is 0.607. The molecule has 0 aromatic carbocycles. The van der Waals surface area contributed by atoms with E-state index in [-0.39, 0.29) is 0 Å². The summed E-state index contributed by atoms with van der Waals surface area (Å²) in [6.07, 6.45) is 16.3. The fourth-order valence-electron chi connectivity index (χ4n) is 6.85. The molecule has 2 aliphatic heterocycles. The number of carbonyl (C=O) groups is 1. The molecule has 1 atom stereocenters. The van der Waals surface area contributed by atoms with Crippen molar-refractivity contribution in [2.75, 3.05) is 32.7 Å². The van der Waals surface area contributed by atoms with Gasteiger partial charge in [0, 0.05) is 49.2 Å². The molecule has 0 spiro atoms. The van der Waals surface area contributed by atoms with Gasteiger partial charge in [-0.25, -0.2) is 9.97 Å². The van der Waals surface area contributed by atoms with Crippen LogP contribution in [0.25, 0.3) is 21.9 Å². The number of amides is 1. The first-order chi connectivity index (χ1) is 16.7. The molecular weight excluding hydrogens is 422 g/mol. The average molecular weight is 460 g/mol. The van der Waals surface area contributed by atoms with E-state index in [1.165, 1.54) is 56.3 Å². The minimum atomic E-state index is 0.407. The smallest absolute Gasteiger partial charge is 0.222 e. The van der Waals surface area contributed by atoms with Gasteiger partial charge < -0.3 is 14.8 Å². The summed E-state index contributed by atoms with van der Waals surface area (Å²) in [5.74, 6) is 2.16. The molecule has 180 valence electrons. The highest BCUT2D eigenvalue weighted by Gasteiger charge is 2.30. The van der Waals surface area contributed by atoms with Gasteiger partial charge in [-0.1, -0.05) is 0 Å². The van der Waals surface area contributed by atoms with E-state index < -0.39 is 0 Å². The maximum atomic E-state index is 13.2. The van der Waals surface area contributed by atoms with Gasteiger partial charge in [0.1, 0.15) is 0 Å². The molecule has 1 unspecified atom stereocenters. The Balaban J connectivity index is 1.07.